The van der Waals surface area contributed by atoms with Crippen molar-refractivity contribution in [1.29, 1.82) is 0 Å². The number of hydrogen-bond donors (Lipinski definition) is 1. The van der Waals surface area contributed by atoms with Crippen molar-refractivity contribution in [3.63, 3.8) is 0 Å². The Balaban J connectivity index is 1.73. The number of ether oxygens (including phenoxy) is 3. The van der Waals surface area contributed by atoms with Crippen LogP contribution in [0.15, 0.2) is 53.9 Å². The van der Waals surface area contributed by atoms with Crippen molar-refractivity contribution in [1.82, 2.24) is 14.9 Å². The first-order chi connectivity index (χ1) is 18.0. The van der Waals surface area contributed by atoms with Crippen LogP contribution in [-0.4, -0.2) is 43.3 Å². The van der Waals surface area contributed by atoms with Gasteiger partial charge in [0, 0.05) is 29.7 Å². The van der Waals surface area contributed by atoms with Gasteiger partial charge in [0.25, 0.3) is 5.91 Å². The second-order valence-electron chi connectivity index (χ2n) is 8.68. The molecule has 194 valence electrons. The number of methoxy groups -OCH3 is 3. The maximum Gasteiger partial charge on any atom is 0.253 e. The molecular formula is C29H33N3O4S. The predicted molar refractivity (Wildman–Crippen MR) is 148 cm³/mol. The Hall–Kier alpha value is -3.78. The van der Waals surface area contributed by atoms with Gasteiger partial charge in [-0.2, -0.15) is 0 Å². The molecule has 4 rings (SSSR count). The van der Waals surface area contributed by atoms with E-state index in [1.165, 1.54) is 0 Å². The van der Waals surface area contributed by atoms with Gasteiger partial charge in [0.1, 0.15) is 10.8 Å². The molecule has 2 heterocycles. The number of carbonyl (C=O) groups excluding carboxylic acids is 1. The molecule has 0 unspecified atom stereocenters. The molecule has 0 aliphatic heterocycles. The Morgan fingerprint density at radius 1 is 1.00 bits per heavy atom. The molecule has 0 saturated carbocycles. The lowest BCUT2D eigenvalue weighted by Crippen LogP contribution is -2.24. The highest BCUT2D eigenvalue weighted by atomic mass is 32.1. The molecule has 4 aromatic rings. The van der Waals surface area contributed by atoms with E-state index in [1.54, 1.807) is 32.7 Å². The highest BCUT2D eigenvalue weighted by Gasteiger charge is 2.21. The van der Waals surface area contributed by atoms with Gasteiger partial charge in [-0.3, -0.25) is 4.79 Å². The first-order valence-electron chi connectivity index (χ1n) is 12.3. The summed E-state index contributed by atoms with van der Waals surface area (Å²) in [5, 5.41) is 6.00. The van der Waals surface area contributed by atoms with Crippen molar-refractivity contribution in [2.75, 3.05) is 27.9 Å². The first-order valence-corrected chi connectivity index (χ1v) is 13.2. The first kappa shape index (κ1) is 26.3. The van der Waals surface area contributed by atoms with E-state index in [-0.39, 0.29) is 5.91 Å². The average Bonchev–Trinajstić information content (AvgIpc) is 3.54. The number of amides is 1. The van der Waals surface area contributed by atoms with Crippen LogP contribution in [0.1, 0.15) is 41.4 Å². The lowest BCUT2D eigenvalue weighted by Gasteiger charge is -2.14. The topological polar surface area (TPSA) is 74.6 Å². The van der Waals surface area contributed by atoms with E-state index < -0.39 is 0 Å². The largest absolute Gasteiger partial charge is 0.497 e. The number of rotatable bonds is 11. The normalized spacial score (nSPS) is 10.8. The molecule has 0 radical (unpaired) electrons. The smallest absolute Gasteiger partial charge is 0.253 e. The van der Waals surface area contributed by atoms with Gasteiger partial charge in [-0.05, 0) is 61.4 Å². The molecule has 1 N–H and O–H groups in total. The Labute approximate surface area is 222 Å². The molecule has 2 aromatic carbocycles. The van der Waals surface area contributed by atoms with Gasteiger partial charge >= 0.3 is 0 Å². The van der Waals surface area contributed by atoms with Gasteiger partial charge in [0.2, 0.25) is 0 Å². The predicted octanol–water partition coefficient (Wildman–Crippen LogP) is 6.19. The van der Waals surface area contributed by atoms with Crippen LogP contribution in [0, 0.1) is 6.92 Å². The molecule has 37 heavy (non-hydrogen) atoms. The van der Waals surface area contributed by atoms with Gasteiger partial charge in [-0.1, -0.05) is 19.4 Å². The molecule has 7 nitrogen and oxygen atoms in total. The van der Waals surface area contributed by atoms with Gasteiger partial charge in [0.05, 0.1) is 38.3 Å². The van der Waals surface area contributed by atoms with E-state index in [0.717, 1.165) is 51.8 Å². The average molecular weight is 520 g/mol. The summed E-state index contributed by atoms with van der Waals surface area (Å²) in [7, 11) is 4.90. The van der Waals surface area contributed by atoms with E-state index in [1.807, 2.05) is 60.8 Å². The van der Waals surface area contributed by atoms with Gasteiger partial charge in [-0.25, -0.2) is 4.98 Å². The van der Waals surface area contributed by atoms with E-state index >= 15 is 0 Å². The van der Waals surface area contributed by atoms with Gasteiger partial charge in [-0.15, -0.1) is 11.3 Å². The minimum absolute atomic E-state index is 0.0659. The zero-order valence-corrected chi connectivity index (χ0v) is 22.8. The summed E-state index contributed by atoms with van der Waals surface area (Å²) in [5.74, 6) is 2.08. The van der Waals surface area contributed by atoms with Crippen molar-refractivity contribution in [2.24, 2.45) is 0 Å². The second kappa shape index (κ2) is 12.0. The number of benzene rings is 2. The van der Waals surface area contributed by atoms with E-state index in [9.17, 15) is 4.79 Å². The van der Waals surface area contributed by atoms with Crippen molar-refractivity contribution >= 4 is 17.2 Å². The summed E-state index contributed by atoms with van der Waals surface area (Å²) in [6.45, 7) is 5.30. The van der Waals surface area contributed by atoms with E-state index in [2.05, 4.69) is 16.8 Å². The summed E-state index contributed by atoms with van der Waals surface area (Å²) in [5.41, 5.74) is 5.31. The minimum Gasteiger partial charge on any atom is -0.497 e. The Morgan fingerprint density at radius 3 is 2.43 bits per heavy atom. The van der Waals surface area contributed by atoms with Gasteiger partial charge in [0.15, 0.2) is 11.5 Å². The van der Waals surface area contributed by atoms with E-state index in [4.69, 9.17) is 19.2 Å². The maximum atomic E-state index is 13.1. The van der Waals surface area contributed by atoms with Crippen molar-refractivity contribution in [3.05, 3.63) is 70.7 Å². The van der Waals surface area contributed by atoms with Crippen molar-refractivity contribution < 1.29 is 19.0 Å². The molecule has 8 heteroatoms. The number of carbonyl (C=O) groups is 1. The number of hydrogen-bond acceptors (Lipinski definition) is 6. The number of aromatic nitrogens is 2. The number of unbranched alkanes of at least 4 members (excludes halogenated alkanes) is 1. The molecule has 1 amide bonds. The van der Waals surface area contributed by atoms with Crippen LogP contribution in [0.4, 0.5) is 0 Å². The second-order valence-corrected chi connectivity index (χ2v) is 9.54. The van der Waals surface area contributed by atoms with Crippen LogP contribution in [0.25, 0.3) is 22.0 Å². The zero-order valence-electron chi connectivity index (χ0n) is 22.0. The summed E-state index contributed by atoms with van der Waals surface area (Å²) in [6.07, 6.45) is 1.97. The summed E-state index contributed by atoms with van der Waals surface area (Å²) >= 11 is 1.57. The molecule has 0 atom stereocenters. The van der Waals surface area contributed by atoms with E-state index in [0.29, 0.717) is 30.2 Å². The molecule has 0 fully saturated rings. The van der Waals surface area contributed by atoms with Crippen molar-refractivity contribution in [3.8, 4) is 39.2 Å². The maximum absolute atomic E-state index is 13.1. The van der Waals surface area contributed by atoms with Crippen LogP contribution in [0.2, 0.25) is 0 Å². The zero-order chi connectivity index (χ0) is 26.4. The molecule has 0 aliphatic carbocycles. The van der Waals surface area contributed by atoms with Crippen LogP contribution < -0.4 is 19.5 Å². The van der Waals surface area contributed by atoms with Crippen LogP contribution in [0.5, 0.6) is 17.2 Å². The molecule has 2 aromatic heterocycles. The monoisotopic (exact) mass is 519 g/mol. The molecule has 0 aliphatic rings. The third-order valence-electron chi connectivity index (χ3n) is 6.32. The molecule has 0 spiro atoms. The third-order valence-corrected chi connectivity index (χ3v) is 7.21. The number of thiazole rings is 1. The highest BCUT2D eigenvalue weighted by molar-refractivity contribution is 7.13. The standard InChI is InChI=1S/C29H33N3O4S/c1-6-7-14-30-28(33)23-16-25(24-18-37-29(31-24)21-9-11-22(34-3)12-10-21)32(19(23)2)17-20-8-13-26(35-4)27(15-20)36-5/h8-13,15-16,18H,6-7,14,17H2,1-5H3,(H,30,33). The lowest BCUT2D eigenvalue weighted by atomic mass is 10.2. The summed E-state index contributed by atoms with van der Waals surface area (Å²) in [4.78, 5) is 18.0. The Kier molecular flexibility index (Phi) is 8.50. The summed E-state index contributed by atoms with van der Waals surface area (Å²) in [6, 6.07) is 15.7. The fourth-order valence-corrected chi connectivity index (χ4v) is 5.00. The number of nitrogens with zero attached hydrogens (tertiary/aromatic N) is 2. The van der Waals surface area contributed by atoms with Crippen LogP contribution >= 0.6 is 11.3 Å². The van der Waals surface area contributed by atoms with Crippen molar-refractivity contribution in [2.45, 2.75) is 33.2 Å². The van der Waals surface area contributed by atoms with Crippen LogP contribution in [-0.2, 0) is 6.54 Å². The lowest BCUT2D eigenvalue weighted by molar-refractivity contribution is 0.0952. The quantitative estimate of drug-likeness (QED) is 0.239. The molecule has 0 saturated heterocycles. The molecular weight excluding hydrogens is 486 g/mol. The fraction of sp³-hybridized carbons (Fsp3) is 0.310. The minimum atomic E-state index is -0.0659. The SMILES string of the molecule is CCCCNC(=O)c1cc(-c2csc(-c3ccc(OC)cc3)n2)n(Cc2ccc(OC)c(OC)c2)c1C. The fourth-order valence-electron chi connectivity index (χ4n) is 4.18. The number of nitrogens with one attached hydrogen (secondary N) is 1. The Bertz CT molecular complexity index is 1360. The third kappa shape index (κ3) is 5.80. The summed E-state index contributed by atoms with van der Waals surface area (Å²) < 4.78 is 18.3. The molecule has 0 bridgehead atoms. The van der Waals surface area contributed by atoms with Crippen LogP contribution in [0.3, 0.4) is 0 Å². The highest BCUT2D eigenvalue weighted by Crippen LogP contribution is 2.34. The Morgan fingerprint density at radius 2 is 1.76 bits per heavy atom. The van der Waals surface area contributed by atoms with Gasteiger partial charge < -0.3 is 24.1 Å².